The van der Waals surface area contributed by atoms with E-state index >= 15 is 0 Å². The summed E-state index contributed by atoms with van der Waals surface area (Å²) >= 11 is 0. The highest BCUT2D eigenvalue weighted by Gasteiger charge is 2.31. The first-order valence-electron chi connectivity index (χ1n) is 4.89. The SMILES string of the molecule is N#Cc1ccc(C(N=[N+]=[N-])C2CC2)cc1. The number of hydrogen-bond donors (Lipinski definition) is 0. The van der Waals surface area contributed by atoms with Gasteiger partial charge in [-0.25, -0.2) is 0 Å². The molecule has 1 aromatic rings. The van der Waals surface area contributed by atoms with Gasteiger partial charge in [-0.2, -0.15) is 5.26 Å². The van der Waals surface area contributed by atoms with Crippen LogP contribution in [0.3, 0.4) is 0 Å². The van der Waals surface area contributed by atoms with Gasteiger partial charge in [-0.1, -0.05) is 17.2 Å². The Morgan fingerprint density at radius 1 is 1.40 bits per heavy atom. The van der Waals surface area contributed by atoms with Crippen molar-refractivity contribution in [3.8, 4) is 6.07 Å². The minimum atomic E-state index is -0.0530. The molecule has 1 unspecified atom stereocenters. The fraction of sp³-hybridized carbons (Fsp3) is 0.364. The third-order valence-electron chi connectivity index (χ3n) is 2.63. The van der Waals surface area contributed by atoms with Crippen molar-refractivity contribution in [1.82, 2.24) is 0 Å². The molecule has 0 amide bonds. The van der Waals surface area contributed by atoms with Crippen molar-refractivity contribution in [3.63, 3.8) is 0 Å². The van der Waals surface area contributed by atoms with Gasteiger partial charge in [0.05, 0.1) is 17.7 Å². The lowest BCUT2D eigenvalue weighted by Gasteiger charge is -2.09. The zero-order valence-electron chi connectivity index (χ0n) is 8.17. The summed E-state index contributed by atoms with van der Waals surface area (Å²) in [4.78, 5) is 2.88. The Kier molecular flexibility index (Phi) is 2.57. The van der Waals surface area contributed by atoms with E-state index in [1.807, 2.05) is 12.1 Å². The Labute approximate surface area is 87.8 Å². The molecule has 1 saturated carbocycles. The Balaban J connectivity index is 2.26. The lowest BCUT2D eigenvalue weighted by Crippen LogP contribution is -1.96. The highest BCUT2D eigenvalue weighted by molar-refractivity contribution is 5.33. The fourth-order valence-corrected chi connectivity index (χ4v) is 1.66. The van der Waals surface area contributed by atoms with E-state index in [9.17, 15) is 0 Å². The van der Waals surface area contributed by atoms with E-state index in [-0.39, 0.29) is 6.04 Å². The van der Waals surface area contributed by atoms with Gasteiger partial charge in [0, 0.05) is 4.91 Å². The maximum Gasteiger partial charge on any atom is 0.0991 e. The molecule has 4 heteroatoms. The summed E-state index contributed by atoms with van der Waals surface area (Å²) < 4.78 is 0. The number of nitrogens with zero attached hydrogens (tertiary/aromatic N) is 4. The number of azide groups is 1. The Hall–Kier alpha value is -1.98. The largest absolute Gasteiger partial charge is 0.192 e. The minimum absolute atomic E-state index is 0.0530. The first-order chi connectivity index (χ1) is 7.35. The van der Waals surface area contributed by atoms with Crippen LogP contribution in [0.4, 0.5) is 0 Å². The van der Waals surface area contributed by atoms with Gasteiger partial charge in [-0.05, 0) is 42.0 Å². The molecule has 74 valence electrons. The van der Waals surface area contributed by atoms with Gasteiger partial charge in [0.2, 0.25) is 0 Å². The molecule has 1 aliphatic rings. The van der Waals surface area contributed by atoms with E-state index in [2.05, 4.69) is 16.1 Å². The molecule has 0 aliphatic heterocycles. The molecule has 1 aliphatic carbocycles. The van der Waals surface area contributed by atoms with Crippen LogP contribution in [0.1, 0.15) is 30.0 Å². The molecule has 4 nitrogen and oxygen atoms in total. The lowest BCUT2D eigenvalue weighted by molar-refractivity contribution is 0.629. The average molecular weight is 198 g/mol. The predicted molar refractivity (Wildman–Crippen MR) is 55.8 cm³/mol. The summed E-state index contributed by atoms with van der Waals surface area (Å²) in [6, 6.07) is 9.28. The van der Waals surface area contributed by atoms with E-state index in [1.54, 1.807) is 12.1 Å². The smallest absolute Gasteiger partial charge is 0.0991 e. The van der Waals surface area contributed by atoms with E-state index in [0.717, 1.165) is 18.4 Å². The van der Waals surface area contributed by atoms with E-state index in [4.69, 9.17) is 10.8 Å². The van der Waals surface area contributed by atoms with Gasteiger partial charge in [-0.3, -0.25) is 0 Å². The summed E-state index contributed by atoms with van der Waals surface area (Å²) in [5.74, 6) is 0.494. The molecule has 0 bridgehead atoms. The van der Waals surface area contributed by atoms with Crippen LogP contribution >= 0.6 is 0 Å². The third-order valence-corrected chi connectivity index (χ3v) is 2.63. The second kappa shape index (κ2) is 4.04. The standard InChI is InChI=1S/C11H10N4/c12-7-8-1-3-9(4-2-8)11(14-15-13)10-5-6-10/h1-4,10-11H,5-6H2. The minimum Gasteiger partial charge on any atom is -0.192 e. The average Bonchev–Trinajstić information content (AvgIpc) is 3.10. The second-order valence-corrected chi connectivity index (χ2v) is 3.72. The quantitative estimate of drug-likeness (QED) is 0.417. The van der Waals surface area contributed by atoms with Gasteiger partial charge >= 0.3 is 0 Å². The van der Waals surface area contributed by atoms with Crippen molar-refractivity contribution in [2.75, 3.05) is 0 Å². The van der Waals surface area contributed by atoms with E-state index in [1.165, 1.54) is 0 Å². The molecular formula is C11H10N4. The van der Waals surface area contributed by atoms with Gasteiger partial charge in [0.1, 0.15) is 0 Å². The van der Waals surface area contributed by atoms with Crippen molar-refractivity contribution in [3.05, 3.63) is 45.8 Å². The van der Waals surface area contributed by atoms with Crippen LogP contribution in [0.25, 0.3) is 10.4 Å². The molecule has 1 atom stereocenters. The van der Waals surface area contributed by atoms with Crippen molar-refractivity contribution < 1.29 is 0 Å². The first-order valence-corrected chi connectivity index (χ1v) is 4.89. The first kappa shape index (κ1) is 9.57. The Morgan fingerprint density at radius 2 is 2.07 bits per heavy atom. The zero-order chi connectivity index (χ0) is 10.7. The van der Waals surface area contributed by atoms with Crippen LogP contribution in [0.5, 0.6) is 0 Å². The highest BCUT2D eigenvalue weighted by atomic mass is 15.2. The Morgan fingerprint density at radius 3 is 2.53 bits per heavy atom. The topological polar surface area (TPSA) is 72.5 Å². The molecule has 15 heavy (non-hydrogen) atoms. The zero-order valence-corrected chi connectivity index (χ0v) is 8.17. The van der Waals surface area contributed by atoms with Crippen molar-refractivity contribution in [2.45, 2.75) is 18.9 Å². The van der Waals surface area contributed by atoms with Crippen molar-refractivity contribution >= 4 is 0 Å². The second-order valence-electron chi connectivity index (χ2n) is 3.72. The number of benzene rings is 1. The van der Waals surface area contributed by atoms with Crippen molar-refractivity contribution in [2.24, 2.45) is 11.0 Å². The number of nitriles is 1. The van der Waals surface area contributed by atoms with Crippen molar-refractivity contribution in [1.29, 1.82) is 5.26 Å². The fourth-order valence-electron chi connectivity index (χ4n) is 1.66. The van der Waals surface area contributed by atoms with Crippen LogP contribution in [0, 0.1) is 17.2 Å². The van der Waals surface area contributed by atoms with E-state index < -0.39 is 0 Å². The maximum atomic E-state index is 8.66. The van der Waals surface area contributed by atoms with Gasteiger partial charge < -0.3 is 0 Å². The number of rotatable bonds is 3. The van der Waals surface area contributed by atoms with Gasteiger partial charge in [0.15, 0.2) is 0 Å². The van der Waals surface area contributed by atoms with E-state index in [0.29, 0.717) is 11.5 Å². The molecular weight excluding hydrogens is 188 g/mol. The molecule has 0 spiro atoms. The summed E-state index contributed by atoms with van der Waals surface area (Å²) in [6.07, 6.45) is 2.26. The predicted octanol–water partition coefficient (Wildman–Crippen LogP) is 3.32. The van der Waals surface area contributed by atoms with Crippen LogP contribution in [0.15, 0.2) is 29.4 Å². The molecule has 2 rings (SSSR count). The molecule has 0 heterocycles. The maximum absolute atomic E-state index is 8.66. The number of hydrogen-bond acceptors (Lipinski definition) is 2. The van der Waals surface area contributed by atoms with Crippen LogP contribution in [-0.2, 0) is 0 Å². The normalized spacial score (nSPS) is 16.2. The molecule has 0 aromatic heterocycles. The van der Waals surface area contributed by atoms with Crippen LogP contribution in [0.2, 0.25) is 0 Å². The van der Waals surface area contributed by atoms with Crippen LogP contribution in [-0.4, -0.2) is 0 Å². The van der Waals surface area contributed by atoms with Gasteiger partial charge in [-0.15, -0.1) is 0 Å². The summed E-state index contributed by atoms with van der Waals surface area (Å²) in [5.41, 5.74) is 10.1. The molecule has 0 radical (unpaired) electrons. The monoisotopic (exact) mass is 198 g/mol. The van der Waals surface area contributed by atoms with Gasteiger partial charge in [0.25, 0.3) is 0 Å². The van der Waals surface area contributed by atoms with Crippen LogP contribution < -0.4 is 0 Å². The molecule has 1 fully saturated rings. The summed E-state index contributed by atoms with van der Waals surface area (Å²) in [5, 5.41) is 12.5. The lowest BCUT2D eigenvalue weighted by atomic mass is 10.0. The third kappa shape index (κ3) is 2.09. The summed E-state index contributed by atoms with van der Waals surface area (Å²) in [6.45, 7) is 0. The molecule has 1 aromatic carbocycles. The highest BCUT2D eigenvalue weighted by Crippen LogP contribution is 2.43. The molecule has 0 N–H and O–H groups in total. The molecule has 0 saturated heterocycles. The Bertz CT molecular complexity index is 433. The summed E-state index contributed by atoms with van der Waals surface area (Å²) in [7, 11) is 0.